The highest BCUT2D eigenvalue weighted by atomic mass is 16.6. The zero-order chi connectivity index (χ0) is 16.5. The summed E-state index contributed by atoms with van der Waals surface area (Å²) in [5.74, 6) is 1.27. The van der Waals surface area contributed by atoms with Crippen LogP contribution in [-0.2, 0) is 9.59 Å². The summed E-state index contributed by atoms with van der Waals surface area (Å²) in [4.78, 5) is 28.7. The minimum absolute atomic E-state index is 0.00189. The fourth-order valence-corrected chi connectivity index (χ4v) is 3.69. The van der Waals surface area contributed by atoms with Crippen molar-refractivity contribution < 1.29 is 19.1 Å². The van der Waals surface area contributed by atoms with Gasteiger partial charge in [-0.2, -0.15) is 0 Å². The minimum atomic E-state index is -0.233. The molecule has 0 spiro atoms. The summed E-state index contributed by atoms with van der Waals surface area (Å²) in [6.45, 7) is 3.16. The molecule has 6 nitrogen and oxygen atoms in total. The number of fused-ring (bicyclic) bond motifs is 1. The Bertz CT molecular complexity index is 654. The lowest BCUT2D eigenvalue weighted by Gasteiger charge is -2.29. The van der Waals surface area contributed by atoms with Gasteiger partial charge < -0.3 is 19.3 Å². The molecule has 0 aliphatic carbocycles. The number of ether oxygens (including phenoxy) is 2. The van der Waals surface area contributed by atoms with Crippen molar-refractivity contribution in [3.8, 4) is 11.5 Å². The molecule has 1 atom stereocenters. The number of nitrogens with zero attached hydrogens (tertiary/aromatic N) is 2. The Hall–Kier alpha value is -2.24. The number of hydrogen-bond acceptors (Lipinski definition) is 4. The van der Waals surface area contributed by atoms with Crippen molar-refractivity contribution in [1.82, 2.24) is 4.90 Å². The monoisotopic (exact) mass is 330 g/mol. The topological polar surface area (TPSA) is 59.1 Å². The first-order valence-corrected chi connectivity index (χ1v) is 8.71. The van der Waals surface area contributed by atoms with E-state index in [2.05, 4.69) is 0 Å². The molecule has 3 aliphatic rings. The molecule has 2 saturated heterocycles. The summed E-state index contributed by atoms with van der Waals surface area (Å²) in [5, 5.41) is 0. The molecule has 0 unspecified atom stereocenters. The van der Waals surface area contributed by atoms with Gasteiger partial charge in [-0.05, 0) is 31.4 Å². The van der Waals surface area contributed by atoms with Gasteiger partial charge in [-0.3, -0.25) is 9.59 Å². The lowest BCUT2D eigenvalue weighted by atomic mass is 10.0. The number of rotatable bonds is 2. The van der Waals surface area contributed by atoms with E-state index in [4.69, 9.17) is 9.47 Å². The van der Waals surface area contributed by atoms with Crippen molar-refractivity contribution in [2.75, 3.05) is 37.7 Å². The maximum Gasteiger partial charge on any atom is 0.228 e. The van der Waals surface area contributed by atoms with Gasteiger partial charge in [0.2, 0.25) is 11.8 Å². The second-order valence-electron chi connectivity index (χ2n) is 6.62. The van der Waals surface area contributed by atoms with E-state index >= 15 is 0 Å². The molecule has 0 bridgehead atoms. The smallest absolute Gasteiger partial charge is 0.228 e. The number of hydrogen-bond donors (Lipinski definition) is 0. The quantitative estimate of drug-likeness (QED) is 0.830. The molecule has 2 amide bonds. The second-order valence-corrected chi connectivity index (χ2v) is 6.62. The summed E-state index contributed by atoms with van der Waals surface area (Å²) in [5.41, 5.74) is 0.776. The van der Waals surface area contributed by atoms with E-state index in [1.807, 2.05) is 23.1 Å². The fraction of sp³-hybridized carbons (Fsp3) is 0.556. The Kier molecular flexibility index (Phi) is 4.04. The van der Waals surface area contributed by atoms with Crippen LogP contribution >= 0.6 is 0 Å². The summed E-state index contributed by atoms with van der Waals surface area (Å²) in [6, 6.07) is 5.52. The maximum absolute atomic E-state index is 12.7. The zero-order valence-corrected chi connectivity index (χ0v) is 13.7. The van der Waals surface area contributed by atoms with E-state index in [0.717, 1.165) is 31.6 Å². The molecule has 24 heavy (non-hydrogen) atoms. The zero-order valence-electron chi connectivity index (χ0n) is 13.7. The number of benzene rings is 1. The van der Waals surface area contributed by atoms with Crippen LogP contribution in [0.15, 0.2) is 18.2 Å². The Morgan fingerprint density at radius 1 is 1.04 bits per heavy atom. The fourth-order valence-electron chi connectivity index (χ4n) is 3.69. The van der Waals surface area contributed by atoms with E-state index in [9.17, 15) is 9.59 Å². The van der Waals surface area contributed by atoms with E-state index in [1.165, 1.54) is 6.42 Å². The van der Waals surface area contributed by atoms with Crippen molar-refractivity contribution in [3.63, 3.8) is 0 Å². The van der Waals surface area contributed by atoms with Crippen molar-refractivity contribution >= 4 is 17.5 Å². The number of carbonyl (C=O) groups excluding carboxylic acids is 2. The van der Waals surface area contributed by atoms with Gasteiger partial charge in [0.1, 0.15) is 13.2 Å². The SMILES string of the molecule is O=C([C@@H]1CC(=O)N(c2ccc3c(c2)OCCO3)C1)N1CCCCC1. The van der Waals surface area contributed by atoms with Gasteiger partial charge in [0.25, 0.3) is 0 Å². The van der Waals surface area contributed by atoms with Crippen molar-refractivity contribution in [2.24, 2.45) is 5.92 Å². The first-order valence-electron chi connectivity index (χ1n) is 8.71. The molecule has 1 aromatic carbocycles. The van der Waals surface area contributed by atoms with Gasteiger partial charge in [0, 0.05) is 37.8 Å². The van der Waals surface area contributed by atoms with Crippen LogP contribution in [0.3, 0.4) is 0 Å². The van der Waals surface area contributed by atoms with Crippen molar-refractivity contribution in [1.29, 1.82) is 0 Å². The molecule has 3 aliphatic heterocycles. The normalized spacial score (nSPS) is 23.5. The highest BCUT2D eigenvalue weighted by Gasteiger charge is 2.37. The van der Waals surface area contributed by atoms with Crippen LogP contribution in [0.4, 0.5) is 5.69 Å². The highest BCUT2D eigenvalue weighted by Crippen LogP contribution is 2.36. The lowest BCUT2D eigenvalue weighted by Crippen LogP contribution is -2.40. The number of carbonyl (C=O) groups is 2. The van der Waals surface area contributed by atoms with Gasteiger partial charge in [-0.15, -0.1) is 0 Å². The van der Waals surface area contributed by atoms with Crippen LogP contribution in [-0.4, -0.2) is 49.6 Å². The summed E-state index contributed by atoms with van der Waals surface area (Å²) in [6.07, 6.45) is 3.62. The highest BCUT2D eigenvalue weighted by molar-refractivity contribution is 6.00. The lowest BCUT2D eigenvalue weighted by molar-refractivity contribution is -0.136. The molecule has 3 heterocycles. The van der Waals surface area contributed by atoms with Crippen LogP contribution in [0, 0.1) is 5.92 Å². The van der Waals surface area contributed by atoms with Crippen LogP contribution in [0.5, 0.6) is 11.5 Å². The van der Waals surface area contributed by atoms with Gasteiger partial charge in [-0.1, -0.05) is 0 Å². The first-order chi connectivity index (χ1) is 11.7. The Morgan fingerprint density at radius 2 is 1.79 bits per heavy atom. The van der Waals surface area contributed by atoms with Crippen molar-refractivity contribution in [2.45, 2.75) is 25.7 Å². The molecule has 0 N–H and O–H groups in total. The van der Waals surface area contributed by atoms with Crippen LogP contribution in [0.2, 0.25) is 0 Å². The Morgan fingerprint density at radius 3 is 2.58 bits per heavy atom. The van der Waals surface area contributed by atoms with Gasteiger partial charge >= 0.3 is 0 Å². The molecule has 128 valence electrons. The van der Waals surface area contributed by atoms with Crippen molar-refractivity contribution in [3.05, 3.63) is 18.2 Å². The number of anilines is 1. The second kappa shape index (κ2) is 6.34. The maximum atomic E-state index is 12.7. The summed E-state index contributed by atoms with van der Waals surface area (Å²) < 4.78 is 11.1. The Balaban J connectivity index is 1.48. The number of likely N-dealkylation sites (tertiary alicyclic amines) is 1. The molecule has 1 aromatic rings. The molecular weight excluding hydrogens is 308 g/mol. The average molecular weight is 330 g/mol. The molecule has 6 heteroatoms. The van der Waals surface area contributed by atoms with Crippen LogP contribution in [0.25, 0.3) is 0 Å². The van der Waals surface area contributed by atoms with Crippen LogP contribution in [0.1, 0.15) is 25.7 Å². The standard InChI is InChI=1S/C18H22N2O4/c21-17-10-13(18(22)19-6-2-1-3-7-19)12-20(17)14-4-5-15-16(11-14)24-9-8-23-15/h4-5,11,13H,1-3,6-10,12H2/t13-/m1/s1. The molecule has 0 radical (unpaired) electrons. The van der Waals surface area contributed by atoms with Gasteiger partial charge in [-0.25, -0.2) is 0 Å². The third-order valence-electron chi connectivity index (χ3n) is 4.98. The molecule has 2 fully saturated rings. The van der Waals surface area contributed by atoms with Gasteiger partial charge in [0.15, 0.2) is 11.5 Å². The predicted molar refractivity (Wildman–Crippen MR) is 88.3 cm³/mol. The summed E-state index contributed by atoms with van der Waals surface area (Å²) in [7, 11) is 0. The molecule has 0 aromatic heterocycles. The van der Waals surface area contributed by atoms with E-state index < -0.39 is 0 Å². The van der Waals surface area contributed by atoms with E-state index in [0.29, 0.717) is 37.7 Å². The number of piperidine rings is 1. The average Bonchev–Trinajstić information content (AvgIpc) is 3.03. The molecular formula is C18H22N2O4. The van der Waals surface area contributed by atoms with Crippen LogP contribution < -0.4 is 14.4 Å². The third-order valence-corrected chi connectivity index (χ3v) is 4.98. The Labute approximate surface area is 141 Å². The first kappa shape index (κ1) is 15.3. The van der Waals surface area contributed by atoms with Gasteiger partial charge in [0.05, 0.1) is 5.92 Å². The summed E-state index contributed by atoms with van der Waals surface area (Å²) >= 11 is 0. The number of amides is 2. The minimum Gasteiger partial charge on any atom is -0.486 e. The largest absolute Gasteiger partial charge is 0.486 e. The van der Waals surface area contributed by atoms with E-state index in [1.54, 1.807) is 4.90 Å². The third kappa shape index (κ3) is 2.81. The molecule has 0 saturated carbocycles. The van der Waals surface area contributed by atoms with E-state index in [-0.39, 0.29) is 17.7 Å². The predicted octanol–water partition coefficient (Wildman–Crippen LogP) is 1.82. The molecule has 4 rings (SSSR count).